The Hall–Kier alpha value is -3.11. The first-order valence-electron chi connectivity index (χ1n) is 8.07. The molecular formula is C23H19N. The van der Waals surface area contributed by atoms with E-state index >= 15 is 0 Å². The summed E-state index contributed by atoms with van der Waals surface area (Å²) >= 11 is 0. The van der Waals surface area contributed by atoms with Crippen molar-refractivity contribution in [1.82, 2.24) is 0 Å². The molecule has 0 aliphatic heterocycles. The van der Waals surface area contributed by atoms with Crippen LogP contribution >= 0.6 is 0 Å². The second kappa shape index (κ2) is 7.44. The number of benzene rings is 3. The number of hydrogen-bond acceptors (Lipinski definition) is 1. The Bertz CT molecular complexity index is 936. The summed E-state index contributed by atoms with van der Waals surface area (Å²) in [5.41, 5.74) is 4.08. The van der Waals surface area contributed by atoms with Crippen molar-refractivity contribution in [2.45, 2.75) is 12.8 Å². The van der Waals surface area contributed by atoms with Crippen LogP contribution in [0.3, 0.4) is 0 Å². The summed E-state index contributed by atoms with van der Waals surface area (Å²) in [6, 6.07) is 24.8. The first kappa shape index (κ1) is 15.8. The van der Waals surface area contributed by atoms with Crippen molar-refractivity contribution >= 4 is 10.8 Å². The SMILES string of the molecule is C=C(/C=C\Cc1cccc2ccccc12)Cc1ccccc1C#N. The molecule has 0 fully saturated rings. The average Bonchev–Trinajstić information content (AvgIpc) is 2.62. The highest BCUT2D eigenvalue weighted by Crippen LogP contribution is 2.19. The minimum Gasteiger partial charge on any atom is -0.192 e. The largest absolute Gasteiger partial charge is 0.192 e. The smallest absolute Gasteiger partial charge is 0.0994 e. The third-order valence-electron chi connectivity index (χ3n) is 4.13. The topological polar surface area (TPSA) is 23.8 Å². The quantitative estimate of drug-likeness (QED) is 0.562. The number of nitriles is 1. The van der Waals surface area contributed by atoms with Gasteiger partial charge in [-0.05, 0) is 40.8 Å². The summed E-state index contributed by atoms with van der Waals surface area (Å²) in [4.78, 5) is 0. The zero-order valence-corrected chi connectivity index (χ0v) is 13.6. The van der Waals surface area contributed by atoms with Crippen LogP contribution < -0.4 is 0 Å². The Kier molecular flexibility index (Phi) is 4.89. The van der Waals surface area contributed by atoms with Gasteiger partial charge in [0.05, 0.1) is 11.6 Å². The zero-order valence-electron chi connectivity index (χ0n) is 13.6. The normalized spacial score (nSPS) is 10.8. The molecule has 0 spiro atoms. The van der Waals surface area contributed by atoms with Crippen molar-refractivity contribution in [2.24, 2.45) is 0 Å². The van der Waals surface area contributed by atoms with Crippen LogP contribution in [0.15, 0.2) is 91.0 Å². The molecule has 3 aromatic rings. The molecule has 24 heavy (non-hydrogen) atoms. The fourth-order valence-electron chi connectivity index (χ4n) is 2.91. The summed E-state index contributed by atoms with van der Waals surface area (Å²) in [6.07, 6.45) is 5.80. The summed E-state index contributed by atoms with van der Waals surface area (Å²) in [7, 11) is 0. The Morgan fingerprint density at radius 1 is 0.917 bits per heavy atom. The van der Waals surface area contributed by atoms with E-state index in [0.717, 1.165) is 23.1 Å². The molecule has 1 heteroatoms. The van der Waals surface area contributed by atoms with Crippen molar-refractivity contribution in [3.05, 3.63) is 108 Å². The van der Waals surface area contributed by atoms with E-state index in [1.807, 2.05) is 24.3 Å². The monoisotopic (exact) mass is 309 g/mol. The molecule has 0 aromatic heterocycles. The van der Waals surface area contributed by atoms with Gasteiger partial charge in [0.1, 0.15) is 0 Å². The van der Waals surface area contributed by atoms with Crippen molar-refractivity contribution in [2.75, 3.05) is 0 Å². The lowest BCUT2D eigenvalue weighted by Crippen LogP contribution is -1.91. The predicted octanol–water partition coefficient (Wildman–Crippen LogP) is 5.61. The van der Waals surface area contributed by atoms with Gasteiger partial charge < -0.3 is 0 Å². The number of hydrogen-bond donors (Lipinski definition) is 0. The van der Waals surface area contributed by atoms with E-state index in [9.17, 15) is 0 Å². The molecule has 3 aromatic carbocycles. The molecule has 0 aliphatic carbocycles. The van der Waals surface area contributed by atoms with E-state index in [1.54, 1.807) is 0 Å². The van der Waals surface area contributed by atoms with Crippen LogP contribution in [0.5, 0.6) is 0 Å². The molecule has 0 atom stereocenters. The first-order chi connectivity index (χ1) is 11.8. The molecule has 1 nitrogen and oxygen atoms in total. The molecule has 0 unspecified atom stereocenters. The van der Waals surface area contributed by atoms with E-state index in [2.05, 4.69) is 67.3 Å². The van der Waals surface area contributed by atoms with Gasteiger partial charge in [0.25, 0.3) is 0 Å². The van der Waals surface area contributed by atoms with E-state index < -0.39 is 0 Å². The number of rotatable bonds is 5. The molecule has 0 N–H and O–H groups in total. The maximum absolute atomic E-state index is 9.16. The average molecular weight is 309 g/mol. The Morgan fingerprint density at radius 3 is 2.50 bits per heavy atom. The van der Waals surface area contributed by atoms with Gasteiger partial charge >= 0.3 is 0 Å². The second-order valence-electron chi connectivity index (χ2n) is 5.85. The summed E-state index contributed by atoms with van der Waals surface area (Å²) in [5.74, 6) is 0. The number of fused-ring (bicyclic) bond motifs is 1. The minimum absolute atomic E-state index is 0.704. The predicted molar refractivity (Wildman–Crippen MR) is 101 cm³/mol. The van der Waals surface area contributed by atoms with Gasteiger partial charge in [0.2, 0.25) is 0 Å². The van der Waals surface area contributed by atoms with Crippen molar-refractivity contribution in [3.8, 4) is 6.07 Å². The number of nitrogens with zero attached hydrogens (tertiary/aromatic N) is 1. The molecule has 0 amide bonds. The lowest BCUT2D eigenvalue weighted by Gasteiger charge is -2.05. The van der Waals surface area contributed by atoms with Crippen LogP contribution in [0, 0.1) is 11.3 Å². The van der Waals surface area contributed by atoms with Crippen LogP contribution in [0.4, 0.5) is 0 Å². The van der Waals surface area contributed by atoms with Crippen LogP contribution in [-0.2, 0) is 12.8 Å². The minimum atomic E-state index is 0.704. The van der Waals surface area contributed by atoms with Gasteiger partial charge in [-0.15, -0.1) is 0 Å². The molecule has 116 valence electrons. The van der Waals surface area contributed by atoms with Gasteiger partial charge in [0.15, 0.2) is 0 Å². The van der Waals surface area contributed by atoms with E-state index in [4.69, 9.17) is 5.26 Å². The third-order valence-corrected chi connectivity index (χ3v) is 4.13. The van der Waals surface area contributed by atoms with Crippen LogP contribution in [0.25, 0.3) is 10.8 Å². The Balaban J connectivity index is 1.70. The lowest BCUT2D eigenvalue weighted by molar-refractivity contribution is 1.18. The molecule has 0 heterocycles. The van der Waals surface area contributed by atoms with Crippen molar-refractivity contribution < 1.29 is 0 Å². The summed E-state index contributed by atoms with van der Waals surface area (Å²) in [5, 5.41) is 11.7. The maximum Gasteiger partial charge on any atom is 0.0994 e. The highest BCUT2D eigenvalue weighted by molar-refractivity contribution is 5.85. The summed E-state index contributed by atoms with van der Waals surface area (Å²) in [6.45, 7) is 4.12. The van der Waals surface area contributed by atoms with Crippen LogP contribution in [0.2, 0.25) is 0 Å². The molecule has 0 radical (unpaired) electrons. The molecule has 0 saturated heterocycles. The van der Waals surface area contributed by atoms with Crippen LogP contribution in [0.1, 0.15) is 16.7 Å². The van der Waals surface area contributed by atoms with Crippen LogP contribution in [-0.4, -0.2) is 0 Å². The number of allylic oxidation sites excluding steroid dienone is 3. The first-order valence-corrected chi connectivity index (χ1v) is 8.07. The fourth-order valence-corrected chi connectivity index (χ4v) is 2.91. The maximum atomic E-state index is 9.16. The highest BCUT2D eigenvalue weighted by atomic mass is 14.2. The second-order valence-corrected chi connectivity index (χ2v) is 5.85. The van der Waals surface area contributed by atoms with E-state index in [1.165, 1.54) is 16.3 Å². The fraction of sp³-hybridized carbons (Fsp3) is 0.0870. The van der Waals surface area contributed by atoms with Crippen molar-refractivity contribution in [3.63, 3.8) is 0 Å². The summed E-state index contributed by atoms with van der Waals surface area (Å²) < 4.78 is 0. The zero-order chi connectivity index (χ0) is 16.8. The highest BCUT2D eigenvalue weighted by Gasteiger charge is 2.02. The lowest BCUT2D eigenvalue weighted by atomic mass is 9.99. The third kappa shape index (κ3) is 3.62. The van der Waals surface area contributed by atoms with Gasteiger partial charge in [-0.3, -0.25) is 0 Å². The Morgan fingerprint density at radius 2 is 1.62 bits per heavy atom. The Labute approximate surface area is 143 Å². The van der Waals surface area contributed by atoms with E-state index in [0.29, 0.717) is 6.42 Å². The van der Waals surface area contributed by atoms with Gasteiger partial charge in [0, 0.05) is 0 Å². The molecule has 0 aliphatic rings. The molecule has 0 bridgehead atoms. The molecule has 3 rings (SSSR count). The van der Waals surface area contributed by atoms with Gasteiger partial charge in [-0.25, -0.2) is 0 Å². The van der Waals surface area contributed by atoms with Crippen molar-refractivity contribution in [1.29, 1.82) is 5.26 Å². The standard InChI is InChI=1S/C23H19N/c1-18(16-21-10-2-3-11-22(21)17-24)8-6-12-20-14-7-13-19-9-4-5-15-23(19)20/h2-11,13-15H,1,12,16H2/b8-6-. The molecular weight excluding hydrogens is 290 g/mol. The van der Waals surface area contributed by atoms with Gasteiger partial charge in [-0.2, -0.15) is 5.26 Å². The van der Waals surface area contributed by atoms with E-state index in [-0.39, 0.29) is 0 Å². The van der Waals surface area contributed by atoms with Gasteiger partial charge in [-0.1, -0.05) is 85.0 Å². The molecule has 0 saturated carbocycles.